The number of aromatic amines is 1. The first kappa shape index (κ1) is 18.8. The van der Waals surface area contributed by atoms with Gasteiger partial charge in [0.05, 0.1) is 6.33 Å². The molecule has 0 bridgehead atoms. The third-order valence-corrected chi connectivity index (χ3v) is 3.10. The molecule has 1 rings (SSSR count). The second-order valence-corrected chi connectivity index (χ2v) is 4.68. The minimum Gasteiger partial charge on any atom is -0.480 e. The molecule has 3 atom stereocenters. The van der Waals surface area contributed by atoms with Crippen molar-refractivity contribution in [1.29, 1.82) is 0 Å². The number of H-pyrrole nitrogens is 1. The van der Waals surface area contributed by atoms with E-state index >= 15 is 0 Å². The number of carboxylic acid groups (broad SMARTS) is 1. The fraction of sp³-hybridized carbons (Fsp3) is 0.571. The van der Waals surface area contributed by atoms with Gasteiger partial charge in [-0.3, -0.25) is 10.1 Å². The van der Waals surface area contributed by atoms with Gasteiger partial charge in [-0.15, -0.1) is 6.58 Å². The summed E-state index contributed by atoms with van der Waals surface area (Å²) >= 11 is 0. The summed E-state index contributed by atoms with van der Waals surface area (Å²) in [4.78, 5) is 18.1. The first-order valence-corrected chi connectivity index (χ1v) is 6.76. The van der Waals surface area contributed by atoms with Crippen LogP contribution in [-0.2, 0) is 11.2 Å². The van der Waals surface area contributed by atoms with E-state index in [9.17, 15) is 9.90 Å². The summed E-state index contributed by atoms with van der Waals surface area (Å²) in [5.41, 5.74) is 0.816. The molecule has 0 aliphatic carbocycles. The number of carboxylic acids is 1. The van der Waals surface area contributed by atoms with Crippen LogP contribution in [-0.4, -0.2) is 33.1 Å². The maximum atomic E-state index is 11.3. The Bertz CT molecular complexity index is 382. The molecule has 0 aliphatic rings. The van der Waals surface area contributed by atoms with Gasteiger partial charge >= 0.3 is 5.97 Å². The van der Waals surface area contributed by atoms with Crippen molar-refractivity contribution < 1.29 is 9.90 Å². The number of aliphatic carboxylic acids is 1. The molecule has 1 aromatic rings. The molecule has 0 radical (unpaired) electrons. The maximum Gasteiger partial charge on any atom is 0.321 e. The summed E-state index contributed by atoms with van der Waals surface area (Å²) < 4.78 is 0. The number of nitrogens with one attached hydrogen (secondary N) is 2. The summed E-state index contributed by atoms with van der Waals surface area (Å²) in [7, 11) is 0. The number of imidazole rings is 1. The summed E-state index contributed by atoms with van der Waals surface area (Å²) in [6, 6.07) is -0.583. The van der Waals surface area contributed by atoms with E-state index < -0.39 is 12.0 Å². The minimum atomic E-state index is -0.850. The molecule has 3 unspecified atom stereocenters. The van der Waals surface area contributed by atoms with E-state index in [1.807, 2.05) is 0 Å². The van der Waals surface area contributed by atoms with Crippen molar-refractivity contribution in [2.75, 3.05) is 0 Å². The second kappa shape index (κ2) is 10.6. The van der Waals surface area contributed by atoms with Crippen molar-refractivity contribution in [3.63, 3.8) is 0 Å². The van der Waals surface area contributed by atoms with Crippen LogP contribution in [0.1, 0.15) is 38.3 Å². The molecule has 1 heterocycles. The SMILES string of the molecule is C=CC(CCCCC)NC(Cc1cnc[nH]1)C(=O)O.P. The monoisotopic (exact) mass is 299 g/mol. The largest absolute Gasteiger partial charge is 0.480 e. The van der Waals surface area contributed by atoms with Crippen molar-refractivity contribution in [3.05, 3.63) is 30.9 Å². The summed E-state index contributed by atoms with van der Waals surface area (Å²) in [5.74, 6) is -0.850. The first-order chi connectivity index (χ1) is 9.17. The Labute approximate surface area is 123 Å². The third kappa shape index (κ3) is 6.83. The molecule has 0 aromatic carbocycles. The van der Waals surface area contributed by atoms with Crippen molar-refractivity contribution in [2.45, 2.75) is 51.1 Å². The molecular weight excluding hydrogens is 273 g/mol. The first-order valence-electron chi connectivity index (χ1n) is 6.76. The lowest BCUT2D eigenvalue weighted by molar-refractivity contribution is -0.139. The molecule has 0 saturated heterocycles. The Morgan fingerprint density at radius 2 is 2.35 bits per heavy atom. The Morgan fingerprint density at radius 3 is 2.85 bits per heavy atom. The second-order valence-electron chi connectivity index (χ2n) is 4.68. The fourth-order valence-electron chi connectivity index (χ4n) is 1.98. The van der Waals surface area contributed by atoms with E-state index in [2.05, 4.69) is 28.8 Å². The van der Waals surface area contributed by atoms with Crippen LogP contribution in [0.3, 0.4) is 0 Å². The van der Waals surface area contributed by atoms with Crippen LogP contribution < -0.4 is 5.32 Å². The van der Waals surface area contributed by atoms with E-state index in [0.717, 1.165) is 31.4 Å². The predicted molar refractivity (Wildman–Crippen MR) is 86.1 cm³/mol. The average Bonchev–Trinajstić information content (AvgIpc) is 2.89. The summed E-state index contributed by atoms with van der Waals surface area (Å²) in [6.45, 7) is 5.92. The zero-order chi connectivity index (χ0) is 14.1. The van der Waals surface area contributed by atoms with Gasteiger partial charge in [-0.1, -0.05) is 32.3 Å². The lowest BCUT2D eigenvalue weighted by Gasteiger charge is -2.20. The highest BCUT2D eigenvalue weighted by molar-refractivity contribution is 6.92. The van der Waals surface area contributed by atoms with Crippen LogP contribution in [0.25, 0.3) is 0 Å². The molecule has 6 heteroatoms. The smallest absolute Gasteiger partial charge is 0.321 e. The van der Waals surface area contributed by atoms with Gasteiger partial charge in [0.15, 0.2) is 0 Å². The van der Waals surface area contributed by atoms with Crippen LogP contribution in [0.4, 0.5) is 0 Å². The lowest BCUT2D eigenvalue weighted by atomic mass is 10.1. The highest BCUT2D eigenvalue weighted by atomic mass is 31.0. The van der Waals surface area contributed by atoms with Crippen LogP contribution in [0.15, 0.2) is 25.2 Å². The van der Waals surface area contributed by atoms with Gasteiger partial charge in [-0.05, 0) is 6.42 Å². The Kier molecular flexibility index (Phi) is 9.95. The van der Waals surface area contributed by atoms with Gasteiger partial charge in [-0.25, -0.2) is 4.98 Å². The zero-order valence-electron chi connectivity index (χ0n) is 12.1. The molecule has 0 aliphatic heterocycles. The van der Waals surface area contributed by atoms with E-state index in [1.165, 1.54) is 0 Å². The van der Waals surface area contributed by atoms with Crippen molar-refractivity contribution in [2.24, 2.45) is 0 Å². The van der Waals surface area contributed by atoms with Crippen molar-refractivity contribution in [3.8, 4) is 0 Å². The molecule has 5 nitrogen and oxygen atoms in total. The van der Waals surface area contributed by atoms with Gasteiger partial charge < -0.3 is 10.1 Å². The molecule has 0 spiro atoms. The van der Waals surface area contributed by atoms with Crippen molar-refractivity contribution >= 4 is 15.9 Å². The third-order valence-electron chi connectivity index (χ3n) is 3.10. The normalized spacial score (nSPS) is 13.2. The molecule has 0 saturated carbocycles. The van der Waals surface area contributed by atoms with Gasteiger partial charge in [0, 0.05) is 24.4 Å². The fourth-order valence-corrected chi connectivity index (χ4v) is 1.98. The predicted octanol–water partition coefficient (Wildman–Crippen LogP) is 2.19. The van der Waals surface area contributed by atoms with E-state index in [-0.39, 0.29) is 15.9 Å². The Morgan fingerprint density at radius 1 is 1.60 bits per heavy atom. The number of aromatic nitrogens is 2. The topological polar surface area (TPSA) is 78.0 Å². The number of hydrogen-bond donors (Lipinski definition) is 3. The number of hydrogen-bond acceptors (Lipinski definition) is 3. The van der Waals surface area contributed by atoms with E-state index in [4.69, 9.17) is 0 Å². The van der Waals surface area contributed by atoms with E-state index in [0.29, 0.717) is 6.42 Å². The van der Waals surface area contributed by atoms with Gasteiger partial charge in [0.1, 0.15) is 6.04 Å². The zero-order valence-corrected chi connectivity index (χ0v) is 13.6. The minimum absolute atomic E-state index is 0. The highest BCUT2D eigenvalue weighted by Crippen LogP contribution is 2.07. The van der Waals surface area contributed by atoms with Crippen LogP contribution in [0, 0.1) is 0 Å². The lowest BCUT2D eigenvalue weighted by Crippen LogP contribution is -2.44. The quantitative estimate of drug-likeness (QED) is 0.351. The molecule has 0 fully saturated rings. The number of rotatable bonds is 10. The van der Waals surface area contributed by atoms with Crippen molar-refractivity contribution in [1.82, 2.24) is 15.3 Å². The molecule has 20 heavy (non-hydrogen) atoms. The standard InChI is InChI=1S/C14H23N3O2.H3P/c1-3-5-6-7-11(4-2)17-13(14(18)19)8-12-9-15-10-16-12;/h4,9-11,13,17H,2-3,5-8H2,1H3,(H,15,16)(H,18,19);1H3. The molecular formula is C14H26N3O2P. The highest BCUT2D eigenvalue weighted by Gasteiger charge is 2.20. The van der Waals surface area contributed by atoms with Gasteiger partial charge in [0.25, 0.3) is 0 Å². The maximum absolute atomic E-state index is 11.3. The van der Waals surface area contributed by atoms with Crippen LogP contribution in [0.2, 0.25) is 0 Å². The molecule has 1 aromatic heterocycles. The Hall–Kier alpha value is -1.19. The van der Waals surface area contributed by atoms with E-state index in [1.54, 1.807) is 18.6 Å². The summed E-state index contributed by atoms with van der Waals surface area (Å²) in [5, 5.41) is 12.4. The van der Waals surface area contributed by atoms with Crippen LogP contribution in [0.5, 0.6) is 0 Å². The van der Waals surface area contributed by atoms with Crippen LogP contribution >= 0.6 is 9.90 Å². The molecule has 3 N–H and O–H groups in total. The average molecular weight is 299 g/mol. The van der Waals surface area contributed by atoms with Gasteiger partial charge in [0.2, 0.25) is 0 Å². The van der Waals surface area contributed by atoms with Gasteiger partial charge in [-0.2, -0.15) is 9.90 Å². The summed E-state index contributed by atoms with van der Waals surface area (Å²) in [6.07, 6.45) is 9.70. The number of carbonyl (C=O) groups is 1. The number of unbranched alkanes of at least 4 members (excludes halogenated alkanes) is 2. The Balaban J connectivity index is 0.00000361. The number of nitrogens with zero attached hydrogens (tertiary/aromatic N) is 1. The molecule has 114 valence electrons. The molecule has 0 amide bonds.